The number of amides is 1. The number of benzene rings is 2. The van der Waals surface area contributed by atoms with Crippen LogP contribution < -0.4 is 15.0 Å². The lowest BCUT2D eigenvalue weighted by molar-refractivity contribution is -0.275. The molecule has 2 N–H and O–H groups in total. The van der Waals surface area contributed by atoms with Gasteiger partial charge in [0, 0.05) is 5.56 Å². The molecule has 1 aliphatic rings. The van der Waals surface area contributed by atoms with Crippen molar-refractivity contribution in [3.8, 4) is 22.6 Å². The molecular weight excluding hydrogens is 381 g/mol. The van der Waals surface area contributed by atoms with Crippen LogP contribution in [0.2, 0.25) is 0 Å². The summed E-state index contributed by atoms with van der Waals surface area (Å²) < 4.78 is 52.0. The van der Waals surface area contributed by atoms with E-state index in [2.05, 4.69) is 9.73 Å². The number of rotatable bonds is 5. The standard InChI is InChI=1S/C18H15F3N2O5/c1-26-14-7-6-12(8-15(14)28-18(19,20)21)10-2-4-11(5-3-10)17-22-13(9-27-17)16(24)23-25/h2-8,13,25H,9H2,1H3,(H,23,24)/t13-/m1/s1. The topological polar surface area (TPSA) is 89.4 Å². The van der Waals surface area contributed by atoms with Gasteiger partial charge in [-0.2, -0.15) is 0 Å². The fourth-order valence-corrected chi connectivity index (χ4v) is 2.61. The van der Waals surface area contributed by atoms with E-state index >= 15 is 0 Å². The van der Waals surface area contributed by atoms with Gasteiger partial charge in [0.25, 0.3) is 5.91 Å². The number of ether oxygens (including phenoxy) is 3. The van der Waals surface area contributed by atoms with Crippen molar-refractivity contribution in [3.05, 3.63) is 48.0 Å². The summed E-state index contributed by atoms with van der Waals surface area (Å²) in [7, 11) is 1.25. The third-order valence-electron chi connectivity index (χ3n) is 3.92. The Morgan fingerprint density at radius 1 is 1.14 bits per heavy atom. The second-order valence-corrected chi connectivity index (χ2v) is 5.73. The van der Waals surface area contributed by atoms with Gasteiger partial charge in [0.05, 0.1) is 7.11 Å². The first-order valence-corrected chi connectivity index (χ1v) is 8.00. The molecule has 28 heavy (non-hydrogen) atoms. The Bertz CT molecular complexity index is 897. The van der Waals surface area contributed by atoms with E-state index < -0.39 is 24.1 Å². The van der Waals surface area contributed by atoms with Gasteiger partial charge < -0.3 is 14.2 Å². The number of halogens is 3. The first-order valence-electron chi connectivity index (χ1n) is 8.00. The van der Waals surface area contributed by atoms with Crippen LogP contribution in [0.1, 0.15) is 5.56 Å². The molecule has 0 spiro atoms. The summed E-state index contributed by atoms with van der Waals surface area (Å²) >= 11 is 0. The minimum atomic E-state index is -4.84. The van der Waals surface area contributed by atoms with Crippen molar-refractivity contribution in [1.82, 2.24) is 5.48 Å². The highest BCUT2D eigenvalue weighted by Crippen LogP contribution is 2.36. The van der Waals surface area contributed by atoms with E-state index in [1.54, 1.807) is 30.3 Å². The van der Waals surface area contributed by atoms with Crippen molar-refractivity contribution in [1.29, 1.82) is 0 Å². The van der Waals surface area contributed by atoms with Gasteiger partial charge in [-0.1, -0.05) is 18.2 Å². The Hall–Kier alpha value is -3.27. The van der Waals surface area contributed by atoms with Gasteiger partial charge in [0.1, 0.15) is 6.61 Å². The molecule has 1 aliphatic heterocycles. The molecule has 0 bridgehead atoms. The number of aliphatic imine (C=N–C) groups is 1. The molecule has 2 aromatic rings. The van der Waals surface area contributed by atoms with Gasteiger partial charge in [0.15, 0.2) is 17.5 Å². The number of hydroxylamine groups is 1. The predicted octanol–water partition coefficient (Wildman–Crippen LogP) is 2.91. The highest BCUT2D eigenvalue weighted by molar-refractivity contribution is 5.98. The molecule has 1 atom stereocenters. The van der Waals surface area contributed by atoms with E-state index in [0.717, 1.165) is 0 Å². The van der Waals surface area contributed by atoms with Gasteiger partial charge in [-0.05, 0) is 35.4 Å². The van der Waals surface area contributed by atoms with E-state index in [1.807, 2.05) is 0 Å². The summed E-state index contributed by atoms with van der Waals surface area (Å²) in [5, 5.41) is 8.63. The van der Waals surface area contributed by atoms with E-state index in [9.17, 15) is 18.0 Å². The average molecular weight is 396 g/mol. The van der Waals surface area contributed by atoms with Crippen molar-refractivity contribution in [2.75, 3.05) is 13.7 Å². The number of carbonyl (C=O) groups excluding carboxylic acids is 1. The summed E-state index contributed by atoms with van der Waals surface area (Å²) in [6.45, 7) is 0.0000983. The fourth-order valence-electron chi connectivity index (χ4n) is 2.61. The maximum absolute atomic E-state index is 12.6. The summed E-state index contributed by atoms with van der Waals surface area (Å²) in [6, 6.07) is 10.0. The van der Waals surface area contributed by atoms with Crippen LogP contribution in [-0.2, 0) is 9.53 Å². The molecule has 3 rings (SSSR count). The normalized spacial score (nSPS) is 16.2. The van der Waals surface area contributed by atoms with E-state index in [-0.39, 0.29) is 18.3 Å². The molecule has 7 nitrogen and oxygen atoms in total. The molecule has 0 aromatic heterocycles. The Kier molecular flexibility index (Phi) is 5.41. The highest BCUT2D eigenvalue weighted by atomic mass is 19.4. The smallest absolute Gasteiger partial charge is 0.493 e. The van der Waals surface area contributed by atoms with Crippen LogP contribution in [-0.4, -0.2) is 43.1 Å². The average Bonchev–Trinajstić information content (AvgIpc) is 3.16. The lowest BCUT2D eigenvalue weighted by Crippen LogP contribution is -2.31. The molecule has 2 aromatic carbocycles. The number of alkyl halides is 3. The van der Waals surface area contributed by atoms with Crippen LogP contribution >= 0.6 is 0 Å². The van der Waals surface area contributed by atoms with Crippen LogP contribution in [0.4, 0.5) is 13.2 Å². The number of carbonyl (C=O) groups is 1. The molecule has 10 heteroatoms. The van der Waals surface area contributed by atoms with Crippen LogP contribution in [0.15, 0.2) is 47.5 Å². The monoisotopic (exact) mass is 396 g/mol. The number of hydrogen-bond donors (Lipinski definition) is 2. The zero-order valence-electron chi connectivity index (χ0n) is 14.5. The molecule has 0 saturated carbocycles. The summed E-state index contributed by atoms with van der Waals surface area (Å²) in [5.41, 5.74) is 3.20. The number of methoxy groups -OCH3 is 1. The molecule has 1 heterocycles. The van der Waals surface area contributed by atoms with Gasteiger partial charge in [0.2, 0.25) is 5.90 Å². The quantitative estimate of drug-likeness (QED) is 0.599. The Morgan fingerprint density at radius 2 is 1.79 bits per heavy atom. The molecule has 1 amide bonds. The maximum atomic E-state index is 12.6. The first kappa shape index (κ1) is 19.5. The van der Waals surface area contributed by atoms with Crippen molar-refractivity contribution in [3.63, 3.8) is 0 Å². The summed E-state index contributed by atoms with van der Waals surface area (Å²) in [6.07, 6.45) is -4.84. The minimum absolute atomic E-state index is 0.0000983. The van der Waals surface area contributed by atoms with Crippen molar-refractivity contribution in [2.24, 2.45) is 4.99 Å². The Morgan fingerprint density at radius 3 is 2.39 bits per heavy atom. The lowest BCUT2D eigenvalue weighted by Gasteiger charge is -2.14. The molecule has 0 aliphatic carbocycles. The second-order valence-electron chi connectivity index (χ2n) is 5.73. The summed E-state index contributed by atoms with van der Waals surface area (Å²) in [5.74, 6) is -0.935. The Labute approximate surface area is 157 Å². The third kappa shape index (κ3) is 4.34. The maximum Gasteiger partial charge on any atom is 0.573 e. The molecule has 0 radical (unpaired) electrons. The van der Waals surface area contributed by atoms with E-state index in [1.165, 1.54) is 24.7 Å². The molecular formula is C18H15F3N2O5. The number of nitrogens with zero attached hydrogens (tertiary/aromatic N) is 1. The van der Waals surface area contributed by atoms with Crippen molar-refractivity contribution >= 4 is 11.8 Å². The third-order valence-corrected chi connectivity index (χ3v) is 3.92. The molecule has 148 valence electrons. The van der Waals surface area contributed by atoms with Gasteiger partial charge in [-0.25, -0.2) is 10.5 Å². The summed E-state index contributed by atoms with van der Waals surface area (Å²) in [4.78, 5) is 15.4. The van der Waals surface area contributed by atoms with Crippen molar-refractivity contribution < 1.29 is 37.4 Å². The van der Waals surface area contributed by atoms with Gasteiger partial charge >= 0.3 is 6.36 Å². The predicted molar refractivity (Wildman–Crippen MR) is 91.3 cm³/mol. The highest BCUT2D eigenvalue weighted by Gasteiger charge is 2.32. The molecule has 0 saturated heterocycles. The zero-order valence-corrected chi connectivity index (χ0v) is 14.5. The van der Waals surface area contributed by atoms with Gasteiger partial charge in [-0.3, -0.25) is 10.0 Å². The SMILES string of the molecule is COc1ccc(-c2ccc(C3=N[C@@H](C(=O)NO)CO3)cc2)cc1OC(F)(F)F. The van der Waals surface area contributed by atoms with E-state index in [0.29, 0.717) is 16.7 Å². The lowest BCUT2D eigenvalue weighted by atomic mass is 10.0. The van der Waals surface area contributed by atoms with Crippen LogP contribution in [0.3, 0.4) is 0 Å². The van der Waals surface area contributed by atoms with Crippen LogP contribution in [0.5, 0.6) is 11.5 Å². The largest absolute Gasteiger partial charge is 0.573 e. The molecule has 0 unspecified atom stereocenters. The fraction of sp³-hybridized carbons (Fsp3) is 0.222. The zero-order chi connectivity index (χ0) is 20.3. The van der Waals surface area contributed by atoms with Crippen LogP contribution in [0.25, 0.3) is 11.1 Å². The number of nitrogens with one attached hydrogen (secondary N) is 1. The molecule has 0 fully saturated rings. The first-order chi connectivity index (χ1) is 13.3. The minimum Gasteiger partial charge on any atom is -0.493 e. The van der Waals surface area contributed by atoms with Gasteiger partial charge in [-0.15, -0.1) is 13.2 Å². The van der Waals surface area contributed by atoms with Crippen molar-refractivity contribution in [2.45, 2.75) is 12.4 Å². The number of hydrogen-bond acceptors (Lipinski definition) is 6. The van der Waals surface area contributed by atoms with E-state index in [4.69, 9.17) is 14.7 Å². The Balaban J connectivity index is 1.84. The van der Waals surface area contributed by atoms with Crippen LogP contribution in [0, 0.1) is 0 Å². The second kappa shape index (κ2) is 7.77.